The third-order valence-electron chi connectivity index (χ3n) is 3.05. The van der Waals surface area contributed by atoms with Crippen LogP contribution in [0.15, 0.2) is 30.7 Å². The number of pyridine rings is 2. The Bertz CT molecular complexity index is 662. The van der Waals surface area contributed by atoms with Gasteiger partial charge in [0.05, 0.1) is 9.95 Å². The molecule has 0 amide bonds. The molecular formula is C12H9ClN4O2. The van der Waals surface area contributed by atoms with Crippen molar-refractivity contribution >= 4 is 28.8 Å². The number of hydrogen-bond acceptors (Lipinski definition) is 5. The summed E-state index contributed by atoms with van der Waals surface area (Å²) in [5, 5.41) is 10.9. The lowest BCUT2D eigenvalue weighted by Gasteiger charge is -2.18. The summed E-state index contributed by atoms with van der Waals surface area (Å²) in [6.07, 6.45) is 5.60. The number of nitrogens with zero attached hydrogens (tertiary/aromatic N) is 4. The Hall–Kier alpha value is -2.21. The van der Waals surface area contributed by atoms with Crippen LogP contribution in [0.5, 0.6) is 0 Å². The molecule has 2 aromatic heterocycles. The van der Waals surface area contributed by atoms with Gasteiger partial charge in [0.15, 0.2) is 5.82 Å². The summed E-state index contributed by atoms with van der Waals surface area (Å²) in [7, 11) is 0. The fourth-order valence-electron chi connectivity index (χ4n) is 2.17. The Kier molecular flexibility index (Phi) is 2.79. The van der Waals surface area contributed by atoms with Gasteiger partial charge in [-0.2, -0.15) is 0 Å². The first-order chi connectivity index (χ1) is 9.16. The van der Waals surface area contributed by atoms with Crippen molar-refractivity contribution in [3.05, 3.63) is 51.4 Å². The van der Waals surface area contributed by atoms with Crippen LogP contribution in [0, 0.1) is 10.1 Å². The van der Waals surface area contributed by atoms with Gasteiger partial charge in [-0.1, -0.05) is 11.6 Å². The second kappa shape index (κ2) is 4.47. The minimum Gasteiger partial charge on any atom is -0.324 e. The number of rotatable bonds is 2. The van der Waals surface area contributed by atoms with Crippen LogP contribution in [0.4, 0.5) is 17.2 Å². The third-order valence-corrected chi connectivity index (χ3v) is 3.33. The fraction of sp³-hybridized carbons (Fsp3) is 0.167. The highest BCUT2D eigenvalue weighted by molar-refractivity contribution is 6.33. The van der Waals surface area contributed by atoms with Crippen LogP contribution < -0.4 is 4.90 Å². The summed E-state index contributed by atoms with van der Waals surface area (Å²) in [4.78, 5) is 20.3. The molecule has 0 fully saturated rings. The highest BCUT2D eigenvalue weighted by atomic mass is 35.5. The van der Waals surface area contributed by atoms with E-state index in [9.17, 15) is 10.1 Å². The van der Waals surface area contributed by atoms with Gasteiger partial charge >= 0.3 is 0 Å². The van der Waals surface area contributed by atoms with Gasteiger partial charge in [-0.15, -0.1) is 0 Å². The Balaban J connectivity index is 2.03. The summed E-state index contributed by atoms with van der Waals surface area (Å²) in [5.74, 6) is 0.539. The molecule has 1 aliphatic heterocycles. The molecule has 0 radical (unpaired) electrons. The first-order valence-electron chi connectivity index (χ1n) is 5.67. The zero-order valence-electron chi connectivity index (χ0n) is 9.78. The van der Waals surface area contributed by atoms with Crippen molar-refractivity contribution in [2.45, 2.75) is 6.42 Å². The molecular weight excluding hydrogens is 268 g/mol. The molecule has 6 nitrogen and oxygen atoms in total. The van der Waals surface area contributed by atoms with E-state index in [1.165, 1.54) is 12.3 Å². The van der Waals surface area contributed by atoms with Gasteiger partial charge in [0.1, 0.15) is 6.20 Å². The maximum atomic E-state index is 10.7. The molecule has 0 atom stereocenters. The van der Waals surface area contributed by atoms with E-state index in [1.54, 1.807) is 6.20 Å². The van der Waals surface area contributed by atoms with Crippen molar-refractivity contribution < 1.29 is 4.92 Å². The van der Waals surface area contributed by atoms with Crippen LogP contribution in [0.25, 0.3) is 0 Å². The van der Waals surface area contributed by atoms with Gasteiger partial charge in [0.25, 0.3) is 5.69 Å². The van der Waals surface area contributed by atoms with Crippen LogP contribution in [-0.4, -0.2) is 21.4 Å². The van der Waals surface area contributed by atoms with E-state index < -0.39 is 4.92 Å². The molecule has 3 rings (SSSR count). The number of hydrogen-bond donors (Lipinski definition) is 0. The Morgan fingerprint density at radius 1 is 1.42 bits per heavy atom. The third kappa shape index (κ3) is 2.00. The lowest BCUT2D eigenvalue weighted by molar-refractivity contribution is -0.385. The van der Waals surface area contributed by atoms with Crippen LogP contribution in [0.2, 0.25) is 5.02 Å². The molecule has 19 heavy (non-hydrogen) atoms. The zero-order chi connectivity index (χ0) is 13.4. The molecule has 0 saturated heterocycles. The SMILES string of the molecule is O=[N+]([O-])c1cnc(N2CCc3cnccc32)c(Cl)c1. The minimum atomic E-state index is -0.509. The van der Waals surface area contributed by atoms with Crippen LogP contribution in [-0.2, 0) is 6.42 Å². The minimum absolute atomic E-state index is 0.108. The Morgan fingerprint density at radius 2 is 2.26 bits per heavy atom. The number of halogens is 1. The molecule has 0 spiro atoms. The normalized spacial score (nSPS) is 13.4. The lowest BCUT2D eigenvalue weighted by Crippen LogP contribution is -2.15. The van der Waals surface area contributed by atoms with Gasteiger partial charge in [-0.05, 0) is 18.1 Å². The highest BCUT2D eigenvalue weighted by Gasteiger charge is 2.24. The standard InChI is InChI=1S/C12H9ClN4O2/c13-10-5-9(17(18)19)7-15-12(10)16-4-2-8-6-14-3-1-11(8)16/h1,3,5-7H,2,4H2. The van der Waals surface area contributed by atoms with Crippen LogP contribution in [0.3, 0.4) is 0 Å². The van der Waals surface area contributed by atoms with E-state index in [2.05, 4.69) is 9.97 Å². The molecule has 3 heterocycles. The fourth-order valence-corrected chi connectivity index (χ4v) is 2.43. The molecule has 2 aromatic rings. The van der Waals surface area contributed by atoms with E-state index >= 15 is 0 Å². The lowest BCUT2D eigenvalue weighted by atomic mass is 10.2. The Morgan fingerprint density at radius 3 is 3.00 bits per heavy atom. The first-order valence-corrected chi connectivity index (χ1v) is 6.05. The molecule has 0 bridgehead atoms. The van der Waals surface area contributed by atoms with Crippen molar-refractivity contribution in [1.29, 1.82) is 0 Å². The van der Waals surface area contributed by atoms with E-state index in [4.69, 9.17) is 11.6 Å². The Labute approximate surface area is 113 Å². The first kappa shape index (κ1) is 11.9. The summed E-state index contributed by atoms with van der Waals surface area (Å²) >= 11 is 6.10. The summed E-state index contributed by atoms with van der Waals surface area (Å²) in [5.41, 5.74) is 2.01. The average molecular weight is 277 g/mol. The predicted molar refractivity (Wildman–Crippen MR) is 70.8 cm³/mol. The molecule has 0 saturated carbocycles. The van der Waals surface area contributed by atoms with E-state index in [0.29, 0.717) is 5.82 Å². The smallest absolute Gasteiger partial charge is 0.289 e. The molecule has 7 heteroatoms. The molecule has 96 valence electrons. The van der Waals surface area contributed by atoms with Crippen molar-refractivity contribution in [2.24, 2.45) is 0 Å². The number of aromatic nitrogens is 2. The van der Waals surface area contributed by atoms with E-state index in [-0.39, 0.29) is 10.7 Å². The van der Waals surface area contributed by atoms with E-state index in [1.807, 2.05) is 17.2 Å². The summed E-state index contributed by atoms with van der Waals surface area (Å²) in [6, 6.07) is 3.21. The van der Waals surface area contributed by atoms with Gasteiger partial charge in [-0.3, -0.25) is 15.1 Å². The van der Waals surface area contributed by atoms with Gasteiger partial charge in [0, 0.05) is 30.7 Å². The second-order valence-electron chi connectivity index (χ2n) is 4.16. The van der Waals surface area contributed by atoms with Gasteiger partial charge in [-0.25, -0.2) is 4.98 Å². The summed E-state index contributed by atoms with van der Waals surface area (Å²) < 4.78 is 0. The van der Waals surface area contributed by atoms with Crippen molar-refractivity contribution in [3.8, 4) is 0 Å². The molecule has 0 aliphatic carbocycles. The van der Waals surface area contributed by atoms with Gasteiger partial charge < -0.3 is 4.90 Å². The number of fused-ring (bicyclic) bond motifs is 1. The molecule has 1 aliphatic rings. The van der Waals surface area contributed by atoms with Crippen LogP contribution in [0.1, 0.15) is 5.56 Å². The number of nitro groups is 1. The number of anilines is 2. The predicted octanol–water partition coefficient (Wildman–Crippen LogP) is 2.73. The van der Waals surface area contributed by atoms with Crippen molar-refractivity contribution in [3.63, 3.8) is 0 Å². The molecule has 0 unspecified atom stereocenters. The maximum absolute atomic E-state index is 10.7. The van der Waals surface area contributed by atoms with Crippen molar-refractivity contribution in [2.75, 3.05) is 11.4 Å². The molecule has 0 aromatic carbocycles. The highest BCUT2D eigenvalue weighted by Crippen LogP contribution is 2.37. The zero-order valence-corrected chi connectivity index (χ0v) is 10.5. The average Bonchev–Trinajstić information content (AvgIpc) is 2.82. The largest absolute Gasteiger partial charge is 0.324 e. The monoisotopic (exact) mass is 276 g/mol. The maximum Gasteiger partial charge on any atom is 0.289 e. The molecule has 0 N–H and O–H groups in total. The summed E-state index contributed by atoms with van der Waals surface area (Å²) in [6.45, 7) is 0.742. The van der Waals surface area contributed by atoms with Crippen molar-refractivity contribution in [1.82, 2.24) is 9.97 Å². The quantitative estimate of drug-likeness (QED) is 0.623. The van der Waals surface area contributed by atoms with E-state index in [0.717, 1.165) is 24.2 Å². The second-order valence-corrected chi connectivity index (χ2v) is 4.57. The van der Waals surface area contributed by atoms with Crippen LogP contribution >= 0.6 is 11.6 Å². The topological polar surface area (TPSA) is 72.2 Å². The van der Waals surface area contributed by atoms with Gasteiger partial charge in [0.2, 0.25) is 0 Å².